The Morgan fingerprint density at radius 1 is 1.39 bits per heavy atom. The lowest BCUT2D eigenvalue weighted by Crippen LogP contribution is -2.25. The summed E-state index contributed by atoms with van der Waals surface area (Å²) in [5, 5.41) is 5.23. The van der Waals surface area contributed by atoms with Crippen molar-refractivity contribution in [3.05, 3.63) is 35.4 Å². The summed E-state index contributed by atoms with van der Waals surface area (Å²) in [4.78, 5) is 4.35. The molecular weight excluding hydrogens is 246 g/mol. The van der Waals surface area contributed by atoms with E-state index in [9.17, 15) is 0 Å². The van der Waals surface area contributed by atoms with Crippen LogP contribution in [0.15, 0.2) is 34.4 Å². The van der Waals surface area contributed by atoms with Gasteiger partial charge in [0, 0.05) is 12.9 Å². The van der Waals surface area contributed by atoms with Gasteiger partial charge in [-0.2, -0.15) is 5.10 Å². The number of benzene rings is 1. The van der Waals surface area contributed by atoms with Crippen molar-refractivity contribution >= 4 is 22.6 Å². The number of methoxy groups -OCH3 is 1. The van der Waals surface area contributed by atoms with Crippen LogP contribution in [0, 0.1) is 6.92 Å². The first-order valence-corrected chi connectivity index (χ1v) is 6.84. The van der Waals surface area contributed by atoms with Gasteiger partial charge < -0.3 is 4.74 Å². The Hall–Kier alpha value is -1.33. The summed E-state index contributed by atoms with van der Waals surface area (Å²) in [5.74, 6) is 0.849. The maximum atomic E-state index is 4.95. The predicted octanol–water partition coefficient (Wildman–Crippen LogP) is 2.04. The Labute approximate surface area is 112 Å². The molecule has 1 aromatic carbocycles. The first kappa shape index (κ1) is 13.1. The summed E-state index contributed by atoms with van der Waals surface area (Å²) < 4.78 is 4.95. The van der Waals surface area contributed by atoms with Crippen LogP contribution in [0.4, 0.5) is 0 Å². The van der Waals surface area contributed by atoms with Crippen LogP contribution in [0.3, 0.4) is 0 Å². The fraction of sp³-hybridized carbons (Fsp3) is 0.385. The van der Waals surface area contributed by atoms with Crippen LogP contribution < -0.4 is 5.43 Å². The summed E-state index contributed by atoms with van der Waals surface area (Å²) in [6.45, 7) is 3.39. The number of hydrogen-bond acceptors (Lipinski definition) is 4. The quantitative estimate of drug-likeness (QED) is 0.846. The molecule has 0 amide bonds. The van der Waals surface area contributed by atoms with Crippen LogP contribution in [-0.2, 0) is 4.74 Å². The van der Waals surface area contributed by atoms with E-state index in [-0.39, 0.29) is 0 Å². The summed E-state index contributed by atoms with van der Waals surface area (Å²) in [6.07, 6.45) is 0. The monoisotopic (exact) mass is 263 g/mol. The second-order valence-electron chi connectivity index (χ2n) is 4.00. The minimum atomic E-state index is 0.639. The van der Waals surface area contributed by atoms with E-state index in [0.717, 1.165) is 22.2 Å². The number of ether oxygens (including phenoxy) is 1. The third-order valence-electron chi connectivity index (χ3n) is 2.57. The van der Waals surface area contributed by atoms with Crippen molar-refractivity contribution in [2.75, 3.05) is 26.0 Å². The van der Waals surface area contributed by atoms with Gasteiger partial charge in [0.15, 0.2) is 5.17 Å². The topological polar surface area (TPSA) is 46.0 Å². The maximum Gasteiger partial charge on any atom is 0.177 e. The number of aryl methyl sites for hydroxylation is 1. The fourth-order valence-corrected chi connectivity index (χ4v) is 2.33. The van der Waals surface area contributed by atoms with Crippen LogP contribution >= 0.6 is 11.8 Å². The molecule has 1 aliphatic rings. The molecule has 1 N–H and O–H groups in total. The minimum Gasteiger partial charge on any atom is -0.383 e. The van der Waals surface area contributed by atoms with Crippen LogP contribution in [0.25, 0.3) is 0 Å². The lowest BCUT2D eigenvalue weighted by atomic mass is 10.1. The lowest BCUT2D eigenvalue weighted by Gasteiger charge is -2.14. The smallest absolute Gasteiger partial charge is 0.177 e. The molecule has 0 saturated carbocycles. The van der Waals surface area contributed by atoms with E-state index < -0.39 is 0 Å². The van der Waals surface area contributed by atoms with Crippen molar-refractivity contribution in [2.45, 2.75) is 6.92 Å². The van der Waals surface area contributed by atoms with E-state index in [1.54, 1.807) is 18.9 Å². The Morgan fingerprint density at radius 3 is 2.78 bits per heavy atom. The van der Waals surface area contributed by atoms with Crippen molar-refractivity contribution < 1.29 is 4.74 Å². The molecule has 2 rings (SSSR count). The van der Waals surface area contributed by atoms with Gasteiger partial charge in [-0.15, -0.1) is 0 Å². The molecule has 4 nitrogen and oxygen atoms in total. The number of hydrogen-bond donors (Lipinski definition) is 1. The van der Waals surface area contributed by atoms with E-state index in [2.05, 4.69) is 46.7 Å². The molecule has 1 aliphatic heterocycles. The van der Waals surface area contributed by atoms with Gasteiger partial charge in [-0.05, 0) is 12.5 Å². The van der Waals surface area contributed by atoms with Crippen molar-refractivity contribution in [3.63, 3.8) is 0 Å². The average Bonchev–Trinajstić information content (AvgIpc) is 2.41. The Kier molecular flexibility index (Phi) is 4.78. The van der Waals surface area contributed by atoms with Gasteiger partial charge in [0.2, 0.25) is 0 Å². The summed E-state index contributed by atoms with van der Waals surface area (Å²) in [5.41, 5.74) is 6.47. The predicted molar refractivity (Wildman–Crippen MR) is 77.5 cm³/mol. The number of thioether (sulfide) groups is 1. The zero-order chi connectivity index (χ0) is 12.8. The van der Waals surface area contributed by atoms with Gasteiger partial charge in [-0.25, -0.2) is 0 Å². The molecule has 1 aromatic rings. The van der Waals surface area contributed by atoms with Crippen LogP contribution in [0.2, 0.25) is 0 Å². The lowest BCUT2D eigenvalue weighted by molar-refractivity contribution is 0.208. The third-order valence-corrected chi connectivity index (χ3v) is 3.48. The average molecular weight is 263 g/mol. The van der Waals surface area contributed by atoms with E-state index in [0.29, 0.717) is 13.2 Å². The molecule has 0 saturated heterocycles. The number of amidine groups is 1. The van der Waals surface area contributed by atoms with E-state index in [1.165, 1.54) is 5.56 Å². The molecule has 0 aromatic heterocycles. The molecule has 0 radical (unpaired) electrons. The van der Waals surface area contributed by atoms with Gasteiger partial charge in [0.05, 0.1) is 18.9 Å². The highest BCUT2D eigenvalue weighted by Crippen LogP contribution is 2.14. The van der Waals surface area contributed by atoms with Gasteiger partial charge >= 0.3 is 0 Å². The second kappa shape index (κ2) is 6.56. The normalized spacial score (nSPS) is 17.4. The molecule has 96 valence electrons. The number of hydrazone groups is 1. The SMILES string of the molecule is COCCN=C1NN=C(c2ccc(C)cc2)CS1. The second-order valence-corrected chi connectivity index (χ2v) is 4.97. The third kappa shape index (κ3) is 3.58. The fourth-order valence-electron chi connectivity index (χ4n) is 1.53. The Balaban J connectivity index is 1.98. The molecule has 0 spiro atoms. The maximum absolute atomic E-state index is 4.95. The molecule has 0 aliphatic carbocycles. The molecule has 5 heteroatoms. The first-order chi connectivity index (χ1) is 8.79. The molecular formula is C13H17N3OS. The summed E-state index contributed by atoms with van der Waals surface area (Å²) in [7, 11) is 1.68. The highest BCUT2D eigenvalue weighted by atomic mass is 32.2. The van der Waals surface area contributed by atoms with Gasteiger partial charge in [0.1, 0.15) is 0 Å². The standard InChI is InChI=1S/C13H17N3OS/c1-10-3-5-11(6-4-10)12-9-18-13(16-15-12)14-7-8-17-2/h3-6H,7-9H2,1-2H3,(H,14,16). The van der Waals surface area contributed by atoms with E-state index >= 15 is 0 Å². The molecule has 18 heavy (non-hydrogen) atoms. The highest BCUT2D eigenvalue weighted by Gasteiger charge is 2.12. The number of nitrogens with one attached hydrogen (secondary N) is 1. The van der Waals surface area contributed by atoms with Crippen LogP contribution in [0.5, 0.6) is 0 Å². The summed E-state index contributed by atoms with van der Waals surface area (Å²) in [6, 6.07) is 8.41. The molecule has 0 fully saturated rings. The Bertz CT molecular complexity index is 454. The van der Waals surface area contributed by atoms with Crippen molar-refractivity contribution in [1.29, 1.82) is 0 Å². The van der Waals surface area contributed by atoms with Crippen molar-refractivity contribution in [2.24, 2.45) is 10.1 Å². The van der Waals surface area contributed by atoms with E-state index in [1.807, 2.05) is 0 Å². The first-order valence-electron chi connectivity index (χ1n) is 5.85. The molecule has 0 unspecified atom stereocenters. The zero-order valence-corrected chi connectivity index (χ0v) is 11.5. The highest BCUT2D eigenvalue weighted by molar-refractivity contribution is 8.14. The van der Waals surface area contributed by atoms with Crippen LogP contribution in [-0.4, -0.2) is 36.9 Å². The summed E-state index contributed by atoms with van der Waals surface area (Å²) >= 11 is 1.67. The van der Waals surface area contributed by atoms with Crippen molar-refractivity contribution in [1.82, 2.24) is 5.43 Å². The Morgan fingerprint density at radius 2 is 2.17 bits per heavy atom. The molecule has 1 heterocycles. The minimum absolute atomic E-state index is 0.639. The van der Waals surface area contributed by atoms with Gasteiger partial charge in [-0.1, -0.05) is 41.6 Å². The van der Waals surface area contributed by atoms with E-state index in [4.69, 9.17) is 4.74 Å². The number of nitrogens with zero attached hydrogens (tertiary/aromatic N) is 2. The largest absolute Gasteiger partial charge is 0.383 e. The number of aliphatic imine (C=N–C) groups is 1. The van der Waals surface area contributed by atoms with Crippen LogP contribution in [0.1, 0.15) is 11.1 Å². The van der Waals surface area contributed by atoms with Crippen molar-refractivity contribution in [3.8, 4) is 0 Å². The zero-order valence-electron chi connectivity index (χ0n) is 10.6. The van der Waals surface area contributed by atoms with Gasteiger partial charge in [0.25, 0.3) is 0 Å². The molecule has 0 bridgehead atoms. The van der Waals surface area contributed by atoms with Gasteiger partial charge in [-0.3, -0.25) is 10.4 Å². The number of rotatable bonds is 4. The molecule has 0 atom stereocenters.